The maximum absolute atomic E-state index is 12.4. The Balaban J connectivity index is 1.68. The third-order valence-corrected chi connectivity index (χ3v) is 5.29. The molecule has 0 radical (unpaired) electrons. The highest BCUT2D eigenvalue weighted by molar-refractivity contribution is 7.11. The molecule has 4 aromatic rings. The van der Waals surface area contributed by atoms with Crippen molar-refractivity contribution in [1.29, 1.82) is 5.26 Å². The lowest BCUT2D eigenvalue weighted by Gasteiger charge is -2.00. The molecule has 0 aliphatic rings. The van der Waals surface area contributed by atoms with Gasteiger partial charge in [-0.2, -0.15) is 5.26 Å². The molecule has 0 aliphatic carbocycles. The fourth-order valence-corrected chi connectivity index (χ4v) is 3.69. The second kappa shape index (κ2) is 8.15. The van der Waals surface area contributed by atoms with Crippen molar-refractivity contribution in [1.82, 2.24) is 4.98 Å². The predicted molar refractivity (Wildman–Crippen MR) is 115 cm³/mol. The molecule has 2 heterocycles. The Hall–Kier alpha value is -4.02. The van der Waals surface area contributed by atoms with Crippen molar-refractivity contribution in [2.75, 3.05) is 7.11 Å². The molecule has 0 aliphatic heterocycles. The Morgan fingerprint density at radius 2 is 1.97 bits per heavy atom. The van der Waals surface area contributed by atoms with E-state index in [1.165, 1.54) is 18.4 Å². The van der Waals surface area contributed by atoms with E-state index in [9.17, 15) is 14.9 Å². The molecule has 0 spiro atoms. The summed E-state index contributed by atoms with van der Waals surface area (Å²) in [6.45, 7) is 0. The van der Waals surface area contributed by atoms with Crippen LogP contribution in [0, 0.1) is 11.3 Å². The molecule has 146 valence electrons. The Kier molecular flexibility index (Phi) is 5.24. The second-order valence-corrected chi connectivity index (χ2v) is 7.16. The van der Waals surface area contributed by atoms with Gasteiger partial charge in [-0.1, -0.05) is 30.3 Å². The van der Waals surface area contributed by atoms with E-state index in [-0.39, 0.29) is 0 Å². The van der Waals surface area contributed by atoms with Gasteiger partial charge in [0.1, 0.15) is 16.7 Å². The van der Waals surface area contributed by atoms with Gasteiger partial charge in [-0.05, 0) is 35.9 Å². The third-order valence-electron chi connectivity index (χ3n) is 4.42. The van der Waals surface area contributed by atoms with E-state index in [2.05, 4.69) is 15.8 Å². The minimum atomic E-state index is -0.480. The monoisotopic (exact) mass is 414 g/mol. The first-order valence-electron chi connectivity index (χ1n) is 8.88. The largest absolute Gasteiger partial charge is 0.465 e. The van der Waals surface area contributed by atoms with Crippen LogP contribution in [0.1, 0.15) is 20.9 Å². The molecule has 30 heavy (non-hydrogen) atoms. The van der Waals surface area contributed by atoms with Gasteiger partial charge < -0.3 is 9.15 Å². The number of hydrogen-bond acceptors (Lipinski definition) is 7. The number of hydrogen-bond donors (Lipinski definition) is 0. The van der Waals surface area contributed by atoms with Crippen LogP contribution in [0.2, 0.25) is 0 Å². The topological polar surface area (TPSA) is 93.2 Å². The lowest BCUT2D eigenvalue weighted by Crippen LogP contribution is -2.02. The highest BCUT2D eigenvalue weighted by Gasteiger charge is 2.14. The molecule has 2 aromatic heterocycles. The molecule has 0 fully saturated rings. The number of thiazole rings is 1. The summed E-state index contributed by atoms with van der Waals surface area (Å²) in [5, 5.41) is 12.6. The van der Waals surface area contributed by atoms with Crippen LogP contribution in [0.4, 0.5) is 0 Å². The summed E-state index contributed by atoms with van der Waals surface area (Å²) in [5.41, 5.74) is 2.34. The summed E-state index contributed by atoms with van der Waals surface area (Å²) < 4.78 is 10.1. The fraction of sp³-hybridized carbons (Fsp3) is 0.0435. The third kappa shape index (κ3) is 3.77. The maximum atomic E-state index is 12.4. The number of aromatic nitrogens is 1. The predicted octanol–water partition coefficient (Wildman–Crippen LogP) is 4.77. The van der Waals surface area contributed by atoms with Gasteiger partial charge in [-0.15, -0.1) is 11.3 Å². The van der Waals surface area contributed by atoms with Gasteiger partial charge in [-0.25, -0.2) is 14.6 Å². The number of nitriles is 1. The number of ether oxygens (including phenoxy) is 1. The molecule has 0 saturated carbocycles. The zero-order valence-electron chi connectivity index (χ0n) is 15.8. The van der Waals surface area contributed by atoms with E-state index in [1.54, 1.807) is 53.9 Å². The Morgan fingerprint density at radius 1 is 1.20 bits per heavy atom. The number of rotatable bonds is 4. The fourth-order valence-electron chi connectivity index (χ4n) is 2.90. The van der Waals surface area contributed by atoms with Crippen LogP contribution >= 0.6 is 11.3 Å². The van der Waals surface area contributed by atoms with Gasteiger partial charge in [0.2, 0.25) is 0 Å². The number of esters is 1. The smallest absolute Gasteiger partial charge is 0.345 e. The van der Waals surface area contributed by atoms with E-state index in [0.717, 1.165) is 10.9 Å². The molecule has 0 bridgehead atoms. The first-order chi connectivity index (χ1) is 14.6. The van der Waals surface area contributed by atoms with Crippen molar-refractivity contribution >= 4 is 39.9 Å². The lowest BCUT2D eigenvalue weighted by molar-refractivity contribution is 0.0600. The first-order valence-corrected chi connectivity index (χ1v) is 9.76. The van der Waals surface area contributed by atoms with E-state index in [4.69, 9.17) is 4.42 Å². The normalized spacial score (nSPS) is 11.3. The van der Waals surface area contributed by atoms with Crippen molar-refractivity contribution in [3.63, 3.8) is 0 Å². The lowest BCUT2D eigenvalue weighted by atomic mass is 10.1. The van der Waals surface area contributed by atoms with Crippen LogP contribution < -0.4 is 5.63 Å². The van der Waals surface area contributed by atoms with Crippen LogP contribution in [-0.4, -0.2) is 18.1 Å². The van der Waals surface area contributed by atoms with E-state index >= 15 is 0 Å². The average Bonchev–Trinajstić information content (AvgIpc) is 3.26. The highest BCUT2D eigenvalue weighted by Crippen LogP contribution is 2.27. The quantitative estimate of drug-likeness (QED) is 0.271. The van der Waals surface area contributed by atoms with Gasteiger partial charge >= 0.3 is 11.6 Å². The summed E-state index contributed by atoms with van der Waals surface area (Å²) in [6, 6.07) is 17.8. The number of carbonyl (C=O) groups excluding carboxylic acids is 1. The summed E-state index contributed by atoms with van der Waals surface area (Å²) >= 11 is 1.27. The molecule has 0 saturated heterocycles. The van der Waals surface area contributed by atoms with Crippen LogP contribution in [0.3, 0.4) is 0 Å². The summed E-state index contributed by atoms with van der Waals surface area (Å²) in [7, 11) is 1.32. The molecular formula is C23H14N2O4S. The minimum absolute atomic E-state index is 0.343. The van der Waals surface area contributed by atoms with E-state index < -0.39 is 11.6 Å². The average molecular weight is 414 g/mol. The van der Waals surface area contributed by atoms with E-state index in [1.807, 2.05) is 12.1 Å². The Bertz CT molecular complexity index is 1370. The standard InChI is InChI=1S/C23H14N2O4S/c1-28-22(26)15-8-6-14(7-9-15)10-17(12-24)21-25-19(13-30-21)18-11-16-4-2-3-5-20(16)29-23(18)27/h2-11,13H,1H3/b17-10-. The molecular weight excluding hydrogens is 400 g/mol. The first kappa shape index (κ1) is 19.3. The molecule has 6 nitrogen and oxygen atoms in total. The van der Waals surface area contributed by atoms with Crippen molar-refractivity contribution in [3.05, 3.63) is 86.5 Å². The SMILES string of the molecule is COC(=O)c1ccc(/C=C(/C#N)c2nc(-c3cc4ccccc4oc3=O)cs2)cc1. The molecule has 2 aromatic carbocycles. The van der Waals surface area contributed by atoms with Gasteiger partial charge in [0, 0.05) is 10.8 Å². The zero-order valence-corrected chi connectivity index (χ0v) is 16.6. The number of nitrogens with zero attached hydrogens (tertiary/aromatic N) is 2. The minimum Gasteiger partial charge on any atom is -0.465 e. The maximum Gasteiger partial charge on any atom is 0.345 e. The van der Waals surface area contributed by atoms with Gasteiger partial charge in [0.15, 0.2) is 0 Å². The number of para-hydroxylation sites is 1. The van der Waals surface area contributed by atoms with Crippen molar-refractivity contribution in [2.24, 2.45) is 0 Å². The summed E-state index contributed by atoms with van der Waals surface area (Å²) in [6.07, 6.45) is 1.67. The van der Waals surface area contributed by atoms with Crippen molar-refractivity contribution in [3.8, 4) is 17.3 Å². The number of benzene rings is 2. The van der Waals surface area contributed by atoms with Crippen molar-refractivity contribution < 1.29 is 13.9 Å². The number of carbonyl (C=O) groups is 1. The molecule has 0 N–H and O–H groups in total. The van der Waals surface area contributed by atoms with Gasteiger partial charge in [0.25, 0.3) is 0 Å². The molecule has 0 atom stereocenters. The molecule has 4 rings (SSSR count). The van der Waals surface area contributed by atoms with Gasteiger partial charge in [-0.3, -0.25) is 0 Å². The molecule has 0 unspecified atom stereocenters. The number of allylic oxidation sites excluding steroid dienone is 1. The molecule has 7 heteroatoms. The van der Waals surface area contributed by atoms with Crippen LogP contribution in [-0.2, 0) is 4.74 Å². The summed E-state index contributed by atoms with van der Waals surface area (Å²) in [5.74, 6) is -0.426. The van der Waals surface area contributed by atoms with Crippen LogP contribution in [0.15, 0.2) is 69.2 Å². The zero-order chi connectivity index (χ0) is 21.1. The Labute approximate surface area is 175 Å². The Morgan fingerprint density at radius 3 is 2.70 bits per heavy atom. The summed E-state index contributed by atoms with van der Waals surface area (Å²) in [4.78, 5) is 28.4. The molecule has 0 amide bonds. The van der Waals surface area contributed by atoms with Crippen LogP contribution in [0.25, 0.3) is 33.9 Å². The van der Waals surface area contributed by atoms with Crippen LogP contribution in [0.5, 0.6) is 0 Å². The number of methoxy groups -OCH3 is 1. The van der Waals surface area contributed by atoms with E-state index in [0.29, 0.717) is 33.0 Å². The van der Waals surface area contributed by atoms with Gasteiger partial charge in [0.05, 0.1) is 29.5 Å². The van der Waals surface area contributed by atoms with Crippen molar-refractivity contribution in [2.45, 2.75) is 0 Å². The highest BCUT2D eigenvalue weighted by atomic mass is 32.1. The second-order valence-electron chi connectivity index (χ2n) is 6.31. The number of fused-ring (bicyclic) bond motifs is 1.